The lowest BCUT2D eigenvalue weighted by molar-refractivity contribution is -0.143. The molecule has 13 heteroatoms. The molecule has 0 radical (unpaired) electrons. The second-order valence-corrected chi connectivity index (χ2v) is 7.73. The smallest absolute Gasteiger partial charge is 0.260 e. The molecule has 1 aliphatic rings. The van der Waals surface area contributed by atoms with Crippen molar-refractivity contribution in [2.75, 3.05) is 26.0 Å². The van der Waals surface area contributed by atoms with Gasteiger partial charge in [0.25, 0.3) is 5.91 Å². The highest BCUT2D eigenvalue weighted by Crippen LogP contribution is 2.34. The average Bonchev–Trinajstić information content (AvgIpc) is 3.58. The zero-order valence-electron chi connectivity index (χ0n) is 18.4. The van der Waals surface area contributed by atoms with Gasteiger partial charge >= 0.3 is 0 Å². The molecule has 1 amide bonds. The maximum Gasteiger partial charge on any atom is 0.260 e. The number of nitrogens with zero attached hydrogens (tertiary/aromatic N) is 8. The third-order valence-electron chi connectivity index (χ3n) is 5.38. The summed E-state index contributed by atoms with van der Waals surface area (Å²) in [5, 5.41) is 26.0. The molecule has 0 aliphatic carbocycles. The zero-order chi connectivity index (χ0) is 23.7. The first-order chi connectivity index (χ1) is 16.5. The van der Waals surface area contributed by atoms with Crippen molar-refractivity contribution in [1.29, 1.82) is 0 Å². The average molecular weight is 463 g/mol. The number of carbonyl (C=O) groups is 1. The molecule has 34 heavy (non-hydrogen) atoms. The third-order valence-corrected chi connectivity index (χ3v) is 5.38. The Kier molecular flexibility index (Phi) is 5.47. The van der Waals surface area contributed by atoms with E-state index in [1.54, 1.807) is 50.7 Å². The number of methoxy groups -OCH3 is 1. The van der Waals surface area contributed by atoms with Crippen LogP contribution in [0.1, 0.15) is 12.1 Å². The van der Waals surface area contributed by atoms with E-state index in [9.17, 15) is 9.90 Å². The van der Waals surface area contributed by atoms with E-state index in [2.05, 4.69) is 35.6 Å². The number of anilines is 2. The molecule has 5 rings (SSSR count). The quantitative estimate of drug-likeness (QED) is 0.405. The molecule has 0 saturated carbocycles. The van der Waals surface area contributed by atoms with Crippen molar-refractivity contribution in [1.82, 2.24) is 40.0 Å². The summed E-state index contributed by atoms with van der Waals surface area (Å²) >= 11 is 0. The zero-order valence-corrected chi connectivity index (χ0v) is 18.4. The van der Waals surface area contributed by atoms with E-state index in [1.807, 2.05) is 0 Å². The minimum absolute atomic E-state index is 0.166. The normalized spacial score (nSPS) is 18.0. The fourth-order valence-electron chi connectivity index (χ4n) is 3.61. The highest BCUT2D eigenvalue weighted by atomic mass is 16.5. The molecular formula is C21H21N9O4. The predicted octanol–water partition coefficient (Wildman–Crippen LogP) is 1.18. The van der Waals surface area contributed by atoms with Crippen molar-refractivity contribution in [3.05, 3.63) is 48.4 Å². The number of ether oxygens (including phenoxy) is 1. The first-order valence-corrected chi connectivity index (χ1v) is 10.4. The summed E-state index contributed by atoms with van der Waals surface area (Å²) in [4.78, 5) is 28.5. The molecule has 0 spiro atoms. The third kappa shape index (κ3) is 3.97. The number of nitrogens with one attached hydrogen (secondary N) is 1. The van der Waals surface area contributed by atoms with Crippen molar-refractivity contribution < 1.29 is 19.2 Å². The SMILES string of the molecule is COCn1ncc(Nc2nccc(-c3cccc(-c4cc(C5(O)CCN(C)C5=O)no4)n3)n2)n1. The number of carbonyl (C=O) groups excluding carboxylic acids is 1. The van der Waals surface area contributed by atoms with Gasteiger partial charge in [-0.05, 0) is 18.2 Å². The highest BCUT2D eigenvalue weighted by Gasteiger charge is 2.47. The summed E-state index contributed by atoms with van der Waals surface area (Å²) in [6.45, 7) is 0.670. The number of hydrogen-bond acceptors (Lipinski definition) is 11. The molecule has 4 aromatic rings. The van der Waals surface area contributed by atoms with Gasteiger partial charge in [0.15, 0.2) is 23.9 Å². The minimum Gasteiger partial charge on any atom is -0.374 e. The van der Waals surface area contributed by atoms with Gasteiger partial charge in [0.2, 0.25) is 5.95 Å². The van der Waals surface area contributed by atoms with Crippen LogP contribution in [0, 0.1) is 0 Å². The van der Waals surface area contributed by atoms with Gasteiger partial charge in [-0.2, -0.15) is 9.90 Å². The van der Waals surface area contributed by atoms with E-state index >= 15 is 0 Å². The van der Waals surface area contributed by atoms with Crippen molar-refractivity contribution in [2.45, 2.75) is 18.8 Å². The summed E-state index contributed by atoms with van der Waals surface area (Å²) in [5.74, 6) is 0.712. The maximum absolute atomic E-state index is 12.4. The van der Waals surface area contributed by atoms with Crippen LogP contribution >= 0.6 is 0 Å². The molecule has 1 fully saturated rings. The molecular weight excluding hydrogens is 442 g/mol. The second-order valence-electron chi connectivity index (χ2n) is 7.73. The van der Waals surface area contributed by atoms with Crippen LogP contribution in [-0.4, -0.2) is 71.7 Å². The summed E-state index contributed by atoms with van der Waals surface area (Å²) < 4.78 is 10.4. The molecule has 2 N–H and O–H groups in total. The standard InChI is InChI=1S/C21H21N9O4/c1-29-9-7-21(32,19(29)31)17-10-16(34-28-17)15-5-3-4-13(24-15)14-6-8-22-20(25-14)26-18-11-23-30(27-18)12-33-2/h3-6,8,10-11,32H,7,9,12H2,1-2H3,(H,22,25,26,27). The molecule has 174 valence electrons. The largest absolute Gasteiger partial charge is 0.374 e. The second kappa shape index (κ2) is 8.61. The summed E-state index contributed by atoms with van der Waals surface area (Å²) in [5.41, 5.74) is 0.0918. The van der Waals surface area contributed by atoms with Crippen LogP contribution in [-0.2, 0) is 21.9 Å². The molecule has 1 unspecified atom stereocenters. The van der Waals surface area contributed by atoms with E-state index in [1.165, 1.54) is 15.9 Å². The van der Waals surface area contributed by atoms with Crippen LogP contribution in [0.15, 0.2) is 47.2 Å². The van der Waals surface area contributed by atoms with Gasteiger partial charge in [-0.15, -0.1) is 5.10 Å². The number of rotatable bonds is 7. The Bertz CT molecular complexity index is 1340. The van der Waals surface area contributed by atoms with E-state index < -0.39 is 11.5 Å². The first kappa shape index (κ1) is 21.6. The Balaban J connectivity index is 1.38. The van der Waals surface area contributed by atoms with Crippen LogP contribution in [0.3, 0.4) is 0 Å². The lowest BCUT2D eigenvalue weighted by Gasteiger charge is -2.16. The van der Waals surface area contributed by atoms with Gasteiger partial charge in [0.05, 0.1) is 17.6 Å². The Labute approximate surface area is 193 Å². The summed E-state index contributed by atoms with van der Waals surface area (Å²) in [6, 6.07) is 8.61. The van der Waals surface area contributed by atoms with Gasteiger partial charge in [0, 0.05) is 39.4 Å². The molecule has 0 aromatic carbocycles. The molecule has 13 nitrogen and oxygen atoms in total. The van der Waals surface area contributed by atoms with Gasteiger partial charge in [0.1, 0.15) is 11.4 Å². The number of aromatic nitrogens is 7. The van der Waals surface area contributed by atoms with E-state index in [-0.39, 0.29) is 18.8 Å². The molecule has 1 saturated heterocycles. The number of pyridine rings is 1. The predicted molar refractivity (Wildman–Crippen MR) is 117 cm³/mol. The first-order valence-electron chi connectivity index (χ1n) is 10.4. The molecule has 1 atom stereocenters. The summed E-state index contributed by atoms with van der Waals surface area (Å²) in [7, 11) is 3.19. The number of amides is 1. The Morgan fingerprint density at radius 1 is 1.24 bits per heavy atom. The molecule has 4 aromatic heterocycles. The fourth-order valence-corrected chi connectivity index (χ4v) is 3.61. The van der Waals surface area contributed by atoms with Gasteiger partial charge in [-0.1, -0.05) is 11.2 Å². The minimum atomic E-state index is -1.69. The van der Waals surface area contributed by atoms with Crippen molar-refractivity contribution in [3.63, 3.8) is 0 Å². The number of aliphatic hydroxyl groups is 1. The monoisotopic (exact) mass is 463 g/mol. The lowest BCUT2D eigenvalue weighted by atomic mass is 9.97. The van der Waals surface area contributed by atoms with Gasteiger partial charge in [-0.3, -0.25) is 4.79 Å². The van der Waals surface area contributed by atoms with Crippen molar-refractivity contribution in [2.24, 2.45) is 0 Å². The molecule has 1 aliphatic heterocycles. The highest BCUT2D eigenvalue weighted by molar-refractivity contribution is 5.88. The van der Waals surface area contributed by atoms with Gasteiger partial charge < -0.3 is 24.6 Å². The maximum atomic E-state index is 12.4. The molecule has 5 heterocycles. The topological polar surface area (TPSA) is 157 Å². The Morgan fingerprint density at radius 3 is 2.85 bits per heavy atom. The van der Waals surface area contributed by atoms with Crippen LogP contribution in [0.4, 0.5) is 11.8 Å². The van der Waals surface area contributed by atoms with E-state index in [0.717, 1.165) is 0 Å². The Morgan fingerprint density at radius 2 is 2.06 bits per heavy atom. The van der Waals surface area contributed by atoms with Crippen LogP contribution in [0.5, 0.6) is 0 Å². The van der Waals surface area contributed by atoms with Crippen LogP contribution in [0.25, 0.3) is 22.8 Å². The van der Waals surface area contributed by atoms with E-state index in [0.29, 0.717) is 41.2 Å². The summed E-state index contributed by atoms with van der Waals surface area (Å²) in [6.07, 6.45) is 3.39. The number of hydrogen-bond donors (Lipinski definition) is 2. The van der Waals surface area contributed by atoms with Crippen LogP contribution in [0.2, 0.25) is 0 Å². The number of likely N-dealkylation sites (tertiary alicyclic amines) is 1. The molecule has 0 bridgehead atoms. The van der Waals surface area contributed by atoms with Gasteiger partial charge in [-0.25, -0.2) is 15.0 Å². The number of likely N-dealkylation sites (N-methyl/N-ethyl adjacent to an activating group) is 1. The fraction of sp³-hybridized carbons (Fsp3) is 0.286. The Hall–Kier alpha value is -4.23. The van der Waals surface area contributed by atoms with Crippen molar-refractivity contribution in [3.8, 4) is 22.8 Å². The van der Waals surface area contributed by atoms with E-state index in [4.69, 9.17) is 9.26 Å². The van der Waals surface area contributed by atoms with Crippen LogP contribution < -0.4 is 5.32 Å². The lowest BCUT2D eigenvalue weighted by Crippen LogP contribution is -2.36. The van der Waals surface area contributed by atoms with Crippen molar-refractivity contribution >= 4 is 17.7 Å².